The molecule has 0 radical (unpaired) electrons. The highest BCUT2D eigenvalue weighted by Gasteiger charge is 2.31. The molecule has 8 nitrogen and oxygen atoms in total. The van der Waals surface area contributed by atoms with Gasteiger partial charge in [-0.3, -0.25) is 4.79 Å². The van der Waals surface area contributed by atoms with Gasteiger partial charge in [0.05, 0.1) is 11.5 Å². The molecule has 182 valence electrons. The van der Waals surface area contributed by atoms with Crippen LogP contribution >= 0.6 is 0 Å². The first-order valence-electron chi connectivity index (χ1n) is 11.3. The Morgan fingerprint density at radius 2 is 1.81 bits per heavy atom. The molecule has 32 heavy (non-hydrogen) atoms. The van der Waals surface area contributed by atoms with Gasteiger partial charge in [0.2, 0.25) is 5.91 Å². The van der Waals surface area contributed by atoms with E-state index in [4.69, 9.17) is 10.5 Å². The van der Waals surface area contributed by atoms with E-state index in [1.807, 2.05) is 37.3 Å². The van der Waals surface area contributed by atoms with Crippen molar-refractivity contribution in [3.8, 4) is 0 Å². The number of carbonyl (C=O) groups excluding carboxylic acids is 2. The minimum Gasteiger partial charge on any atom is -0.445 e. The second-order valence-corrected chi connectivity index (χ2v) is 10.6. The van der Waals surface area contributed by atoms with Crippen LogP contribution in [0.3, 0.4) is 0 Å². The molecule has 0 aliphatic rings. The van der Waals surface area contributed by atoms with Crippen LogP contribution < -0.4 is 11.1 Å². The van der Waals surface area contributed by atoms with E-state index in [0.29, 0.717) is 38.4 Å². The fraction of sp³-hybridized carbons (Fsp3) is 0.652. The molecule has 0 aliphatic heterocycles. The van der Waals surface area contributed by atoms with E-state index < -0.39 is 33.6 Å². The van der Waals surface area contributed by atoms with E-state index in [-0.39, 0.29) is 12.4 Å². The van der Waals surface area contributed by atoms with Crippen LogP contribution in [-0.4, -0.2) is 62.5 Å². The Balaban J connectivity index is 2.94. The Morgan fingerprint density at radius 1 is 1.12 bits per heavy atom. The Morgan fingerprint density at radius 3 is 2.41 bits per heavy atom. The molecule has 9 heteroatoms. The topological polar surface area (TPSA) is 119 Å². The van der Waals surface area contributed by atoms with Crippen LogP contribution in [0.15, 0.2) is 30.3 Å². The summed E-state index contributed by atoms with van der Waals surface area (Å²) in [6.07, 6.45) is 1.77. The summed E-state index contributed by atoms with van der Waals surface area (Å²) in [7, 11) is -3.53. The Labute approximate surface area is 192 Å². The standard InChI is InChI=1S/C23H39N3O5S/c1-4-5-16-32(29,30)18-21(22(27)26(14-9-13-24)15-12-19(2)3)25-23(28)31-17-20-10-7-6-8-11-20/h6-8,10-11,19,21H,4-5,9,12-18,24H2,1-3H3,(H,25,28)/t21-/m1/s1. The zero-order valence-corrected chi connectivity index (χ0v) is 20.4. The normalized spacial score (nSPS) is 12.4. The van der Waals surface area contributed by atoms with Crippen molar-refractivity contribution < 1.29 is 22.7 Å². The molecule has 0 fully saturated rings. The predicted molar refractivity (Wildman–Crippen MR) is 127 cm³/mol. The van der Waals surface area contributed by atoms with Gasteiger partial charge >= 0.3 is 6.09 Å². The zero-order valence-electron chi connectivity index (χ0n) is 19.6. The number of carbonyl (C=O) groups is 2. The third kappa shape index (κ3) is 11.5. The van der Waals surface area contributed by atoms with Crippen molar-refractivity contribution in [1.29, 1.82) is 0 Å². The van der Waals surface area contributed by atoms with Crippen LogP contribution in [0, 0.1) is 5.92 Å². The number of sulfone groups is 1. The van der Waals surface area contributed by atoms with Crippen molar-refractivity contribution in [2.75, 3.05) is 31.1 Å². The maximum Gasteiger partial charge on any atom is 0.408 e. The van der Waals surface area contributed by atoms with Gasteiger partial charge in [-0.2, -0.15) is 0 Å². The lowest BCUT2D eigenvalue weighted by Gasteiger charge is -2.28. The zero-order chi connectivity index (χ0) is 24.0. The van der Waals surface area contributed by atoms with Gasteiger partial charge in [-0.25, -0.2) is 13.2 Å². The summed E-state index contributed by atoms with van der Waals surface area (Å²) in [5.74, 6) is -0.523. The molecule has 0 spiro atoms. The number of amides is 2. The second-order valence-electron chi connectivity index (χ2n) is 8.38. The SMILES string of the molecule is CCCCS(=O)(=O)C[C@@H](NC(=O)OCc1ccccc1)C(=O)N(CCCN)CCC(C)C. The van der Waals surface area contributed by atoms with Gasteiger partial charge in [-0.1, -0.05) is 57.5 Å². The van der Waals surface area contributed by atoms with Crippen molar-refractivity contribution in [3.63, 3.8) is 0 Å². The maximum atomic E-state index is 13.3. The lowest BCUT2D eigenvalue weighted by Crippen LogP contribution is -2.52. The first-order valence-corrected chi connectivity index (χ1v) is 13.2. The van der Waals surface area contributed by atoms with Gasteiger partial charge in [0.1, 0.15) is 12.6 Å². The number of hydrogen-bond acceptors (Lipinski definition) is 6. The number of benzene rings is 1. The molecule has 0 bridgehead atoms. The number of ether oxygens (including phenoxy) is 1. The fourth-order valence-electron chi connectivity index (χ4n) is 3.03. The molecule has 0 aliphatic carbocycles. The van der Waals surface area contributed by atoms with Crippen LogP contribution in [0.4, 0.5) is 4.79 Å². The monoisotopic (exact) mass is 469 g/mol. The molecule has 1 aromatic rings. The first-order chi connectivity index (χ1) is 15.2. The van der Waals surface area contributed by atoms with E-state index in [2.05, 4.69) is 19.2 Å². The summed E-state index contributed by atoms with van der Waals surface area (Å²) >= 11 is 0. The van der Waals surface area contributed by atoms with Gasteiger partial charge in [0.25, 0.3) is 0 Å². The highest BCUT2D eigenvalue weighted by atomic mass is 32.2. The third-order valence-electron chi connectivity index (χ3n) is 4.95. The van der Waals surface area contributed by atoms with Crippen LogP contribution in [0.1, 0.15) is 52.0 Å². The quantitative estimate of drug-likeness (QED) is 0.408. The molecule has 1 aromatic carbocycles. The van der Waals surface area contributed by atoms with E-state index in [1.165, 1.54) is 0 Å². The van der Waals surface area contributed by atoms with Crippen molar-refractivity contribution in [1.82, 2.24) is 10.2 Å². The first kappa shape index (κ1) is 27.9. The van der Waals surface area contributed by atoms with Crippen molar-refractivity contribution >= 4 is 21.8 Å². The number of nitrogens with zero attached hydrogens (tertiary/aromatic N) is 1. The Hall–Kier alpha value is -2.13. The van der Waals surface area contributed by atoms with Crippen LogP contribution in [-0.2, 0) is 26.0 Å². The van der Waals surface area contributed by atoms with E-state index in [0.717, 1.165) is 18.4 Å². The average molecular weight is 470 g/mol. The summed E-state index contributed by atoms with van der Waals surface area (Å²) in [6.45, 7) is 7.34. The highest BCUT2D eigenvalue weighted by molar-refractivity contribution is 7.91. The lowest BCUT2D eigenvalue weighted by atomic mass is 10.1. The smallest absolute Gasteiger partial charge is 0.408 e. The molecule has 0 unspecified atom stereocenters. The van der Waals surface area contributed by atoms with Crippen molar-refractivity contribution in [2.24, 2.45) is 11.7 Å². The van der Waals surface area contributed by atoms with E-state index >= 15 is 0 Å². The van der Waals surface area contributed by atoms with Crippen LogP contribution in [0.2, 0.25) is 0 Å². The minimum absolute atomic E-state index is 0.0250. The third-order valence-corrected chi connectivity index (χ3v) is 6.70. The minimum atomic E-state index is -3.53. The average Bonchev–Trinajstić information content (AvgIpc) is 2.76. The molecule has 0 aromatic heterocycles. The molecule has 3 N–H and O–H groups in total. The molecule has 0 saturated heterocycles. The molecule has 0 heterocycles. The van der Waals surface area contributed by atoms with Gasteiger partial charge < -0.3 is 20.7 Å². The number of nitrogens with one attached hydrogen (secondary N) is 1. The van der Waals surface area contributed by atoms with Gasteiger partial charge in [0.15, 0.2) is 9.84 Å². The molecule has 1 rings (SSSR count). The summed E-state index contributed by atoms with van der Waals surface area (Å²) in [5.41, 5.74) is 6.41. The van der Waals surface area contributed by atoms with Gasteiger partial charge in [-0.15, -0.1) is 0 Å². The Kier molecular flexibility index (Phi) is 12.9. The fourth-order valence-corrected chi connectivity index (χ4v) is 4.66. The molecule has 0 saturated carbocycles. The second kappa shape index (κ2) is 14.8. The highest BCUT2D eigenvalue weighted by Crippen LogP contribution is 2.09. The predicted octanol–water partition coefficient (Wildman–Crippen LogP) is 2.72. The Bertz CT molecular complexity index is 784. The number of alkyl carbamates (subject to hydrolysis) is 1. The van der Waals surface area contributed by atoms with Gasteiger partial charge in [-0.05, 0) is 37.3 Å². The lowest BCUT2D eigenvalue weighted by molar-refractivity contribution is -0.133. The van der Waals surface area contributed by atoms with Crippen molar-refractivity contribution in [2.45, 2.75) is 59.1 Å². The van der Waals surface area contributed by atoms with Crippen LogP contribution in [0.25, 0.3) is 0 Å². The maximum absolute atomic E-state index is 13.3. The molecular formula is C23H39N3O5S. The number of unbranched alkanes of at least 4 members (excludes halogenated alkanes) is 1. The molecular weight excluding hydrogens is 430 g/mol. The van der Waals surface area contributed by atoms with Crippen molar-refractivity contribution in [3.05, 3.63) is 35.9 Å². The number of nitrogens with two attached hydrogens (primary N) is 1. The van der Waals surface area contributed by atoms with Gasteiger partial charge in [0, 0.05) is 13.1 Å². The number of rotatable bonds is 15. The van der Waals surface area contributed by atoms with Crippen LogP contribution in [0.5, 0.6) is 0 Å². The summed E-state index contributed by atoms with van der Waals surface area (Å²) in [5, 5.41) is 2.50. The number of hydrogen-bond donors (Lipinski definition) is 2. The van der Waals surface area contributed by atoms with E-state index in [1.54, 1.807) is 4.90 Å². The molecule has 1 atom stereocenters. The molecule has 2 amide bonds. The summed E-state index contributed by atoms with van der Waals surface area (Å²) < 4.78 is 30.4. The summed E-state index contributed by atoms with van der Waals surface area (Å²) in [6, 6.07) is 7.93. The van der Waals surface area contributed by atoms with E-state index in [9.17, 15) is 18.0 Å². The largest absolute Gasteiger partial charge is 0.445 e. The summed E-state index contributed by atoms with van der Waals surface area (Å²) in [4.78, 5) is 27.3.